The van der Waals surface area contributed by atoms with Gasteiger partial charge in [-0.05, 0) is 42.7 Å². The number of fused-ring (bicyclic) bond motifs is 1. The minimum Gasteiger partial charge on any atom is -0.457 e. The predicted molar refractivity (Wildman–Crippen MR) is 108 cm³/mol. The largest absolute Gasteiger partial charge is 0.457 e. The minimum atomic E-state index is -0.699. The second-order valence-corrected chi connectivity index (χ2v) is 7.27. The van der Waals surface area contributed by atoms with Crippen LogP contribution in [0.1, 0.15) is 50.0 Å². The number of aliphatic hydroxyl groups is 1. The summed E-state index contributed by atoms with van der Waals surface area (Å²) in [5, 5.41) is 27.0. The standard InChI is InChI=1S/C22H21N5O3/c1-13-11-27(26-19(13)7-23)21-6-3-15(9-25-21)8-24-10-20(28)16-4-5-17-18(14(16)2)12-30-22(17)29/h3-6,9,11,20,24,28H,8,10,12H2,1-2H3. The van der Waals surface area contributed by atoms with Gasteiger partial charge in [0, 0.05) is 36.6 Å². The van der Waals surface area contributed by atoms with E-state index in [1.54, 1.807) is 29.2 Å². The van der Waals surface area contributed by atoms with Crippen molar-refractivity contribution in [2.24, 2.45) is 0 Å². The van der Waals surface area contributed by atoms with Gasteiger partial charge in [0.1, 0.15) is 12.7 Å². The Kier molecular flexibility index (Phi) is 5.31. The first kappa shape index (κ1) is 19.8. The number of aryl methyl sites for hydroxylation is 1. The molecule has 2 aromatic heterocycles. The highest BCUT2D eigenvalue weighted by molar-refractivity contribution is 5.93. The van der Waals surface area contributed by atoms with Gasteiger partial charge in [0.25, 0.3) is 0 Å². The third-order valence-electron chi connectivity index (χ3n) is 5.28. The lowest BCUT2D eigenvalue weighted by Gasteiger charge is -2.16. The first-order valence-corrected chi connectivity index (χ1v) is 9.58. The van der Waals surface area contributed by atoms with Crippen molar-refractivity contribution in [3.8, 4) is 11.9 Å². The zero-order valence-electron chi connectivity index (χ0n) is 16.7. The summed E-state index contributed by atoms with van der Waals surface area (Å²) in [6.45, 7) is 4.89. The van der Waals surface area contributed by atoms with Gasteiger partial charge in [0.15, 0.2) is 11.5 Å². The number of aliphatic hydroxyl groups excluding tert-OH is 1. The lowest BCUT2D eigenvalue weighted by atomic mass is 9.95. The van der Waals surface area contributed by atoms with Gasteiger partial charge < -0.3 is 15.2 Å². The first-order valence-electron chi connectivity index (χ1n) is 9.58. The fourth-order valence-electron chi connectivity index (χ4n) is 3.54. The van der Waals surface area contributed by atoms with Crippen molar-refractivity contribution in [3.05, 3.63) is 75.7 Å². The molecular formula is C22H21N5O3. The Bertz CT molecular complexity index is 1140. The van der Waals surface area contributed by atoms with Crippen molar-refractivity contribution < 1.29 is 14.6 Å². The molecule has 0 amide bonds. The number of hydrogen-bond donors (Lipinski definition) is 2. The molecule has 0 spiro atoms. The highest BCUT2D eigenvalue weighted by atomic mass is 16.5. The maximum absolute atomic E-state index is 11.7. The van der Waals surface area contributed by atoms with Crippen LogP contribution >= 0.6 is 0 Å². The Hall–Kier alpha value is -3.54. The number of aromatic nitrogens is 3. The highest BCUT2D eigenvalue weighted by Crippen LogP contribution is 2.28. The third kappa shape index (κ3) is 3.68. The molecule has 1 aliphatic rings. The number of carbonyl (C=O) groups is 1. The number of carbonyl (C=O) groups excluding carboxylic acids is 1. The van der Waals surface area contributed by atoms with Gasteiger partial charge in [0.2, 0.25) is 0 Å². The molecule has 30 heavy (non-hydrogen) atoms. The molecule has 4 rings (SSSR count). The molecule has 0 radical (unpaired) electrons. The summed E-state index contributed by atoms with van der Waals surface area (Å²) in [7, 11) is 0. The quantitative estimate of drug-likeness (QED) is 0.607. The molecular weight excluding hydrogens is 382 g/mol. The van der Waals surface area contributed by atoms with E-state index in [1.165, 1.54) is 0 Å². The number of pyridine rings is 1. The number of esters is 1. The van der Waals surface area contributed by atoms with E-state index in [9.17, 15) is 9.90 Å². The Balaban J connectivity index is 1.36. The molecule has 8 heteroatoms. The number of rotatable bonds is 6. The molecule has 152 valence electrons. The average Bonchev–Trinajstić information content (AvgIpc) is 3.31. The second kappa shape index (κ2) is 8.06. The zero-order chi connectivity index (χ0) is 21.3. The number of hydrogen-bond acceptors (Lipinski definition) is 7. The molecule has 0 saturated heterocycles. The number of nitrogens with one attached hydrogen (secondary N) is 1. The van der Waals surface area contributed by atoms with Crippen molar-refractivity contribution in [2.75, 3.05) is 6.54 Å². The molecule has 3 aromatic rings. The van der Waals surface area contributed by atoms with Gasteiger partial charge >= 0.3 is 5.97 Å². The van der Waals surface area contributed by atoms with E-state index in [1.807, 2.05) is 26.0 Å². The van der Waals surface area contributed by atoms with Crippen LogP contribution in [0.5, 0.6) is 0 Å². The molecule has 0 bridgehead atoms. The molecule has 1 atom stereocenters. The van der Waals surface area contributed by atoms with Crippen LogP contribution in [0.2, 0.25) is 0 Å². The molecule has 1 unspecified atom stereocenters. The summed E-state index contributed by atoms with van der Waals surface area (Å²) in [5.74, 6) is 0.325. The highest BCUT2D eigenvalue weighted by Gasteiger charge is 2.25. The van der Waals surface area contributed by atoms with Crippen LogP contribution in [0.15, 0.2) is 36.7 Å². The Morgan fingerprint density at radius 2 is 2.17 bits per heavy atom. The monoisotopic (exact) mass is 403 g/mol. The first-order chi connectivity index (χ1) is 14.5. The van der Waals surface area contributed by atoms with E-state index in [2.05, 4.69) is 21.5 Å². The van der Waals surface area contributed by atoms with Gasteiger partial charge in [-0.25, -0.2) is 14.5 Å². The predicted octanol–water partition coefficient (Wildman–Crippen LogP) is 2.25. The van der Waals surface area contributed by atoms with Crippen LogP contribution in [0.25, 0.3) is 5.82 Å². The van der Waals surface area contributed by atoms with Crippen molar-refractivity contribution in [1.29, 1.82) is 5.26 Å². The molecule has 1 aromatic carbocycles. The molecule has 2 N–H and O–H groups in total. The van der Waals surface area contributed by atoms with E-state index < -0.39 is 6.10 Å². The topological polar surface area (TPSA) is 113 Å². The van der Waals surface area contributed by atoms with E-state index in [-0.39, 0.29) is 12.6 Å². The molecule has 1 aliphatic heterocycles. The molecule has 8 nitrogen and oxygen atoms in total. The van der Waals surface area contributed by atoms with Gasteiger partial charge in [-0.2, -0.15) is 10.4 Å². The second-order valence-electron chi connectivity index (χ2n) is 7.27. The number of cyclic esters (lactones) is 1. The van der Waals surface area contributed by atoms with Gasteiger partial charge in [-0.1, -0.05) is 12.1 Å². The Labute approximate surface area is 173 Å². The van der Waals surface area contributed by atoms with Gasteiger partial charge in [-0.15, -0.1) is 0 Å². The normalized spacial score (nSPS) is 13.6. The number of ether oxygens (including phenoxy) is 1. The van der Waals surface area contributed by atoms with Crippen LogP contribution < -0.4 is 5.32 Å². The average molecular weight is 403 g/mol. The van der Waals surface area contributed by atoms with Crippen molar-refractivity contribution in [2.45, 2.75) is 33.1 Å². The summed E-state index contributed by atoms with van der Waals surface area (Å²) in [4.78, 5) is 16.0. The summed E-state index contributed by atoms with van der Waals surface area (Å²) in [5.41, 5.74) is 5.26. The summed E-state index contributed by atoms with van der Waals surface area (Å²) in [6, 6.07) is 9.31. The van der Waals surface area contributed by atoms with E-state index in [4.69, 9.17) is 10.00 Å². The van der Waals surface area contributed by atoms with Crippen molar-refractivity contribution in [1.82, 2.24) is 20.1 Å². The molecule has 0 aliphatic carbocycles. The lowest BCUT2D eigenvalue weighted by Crippen LogP contribution is -2.22. The lowest BCUT2D eigenvalue weighted by molar-refractivity contribution is 0.0535. The van der Waals surface area contributed by atoms with Crippen LogP contribution in [0.4, 0.5) is 0 Å². The zero-order valence-corrected chi connectivity index (χ0v) is 16.7. The molecule has 0 fully saturated rings. The van der Waals surface area contributed by atoms with E-state index in [0.717, 1.165) is 27.8 Å². The van der Waals surface area contributed by atoms with Gasteiger partial charge in [-0.3, -0.25) is 0 Å². The molecule has 0 saturated carbocycles. The smallest absolute Gasteiger partial charge is 0.338 e. The van der Waals surface area contributed by atoms with E-state index in [0.29, 0.717) is 30.2 Å². The van der Waals surface area contributed by atoms with Crippen LogP contribution in [0.3, 0.4) is 0 Å². The fourth-order valence-corrected chi connectivity index (χ4v) is 3.54. The summed E-state index contributed by atoms with van der Waals surface area (Å²) >= 11 is 0. The number of nitriles is 1. The van der Waals surface area contributed by atoms with E-state index >= 15 is 0 Å². The van der Waals surface area contributed by atoms with Crippen LogP contribution in [-0.2, 0) is 17.9 Å². The Morgan fingerprint density at radius 3 is 2.87 bits per heavy atom. The van der Waals surface area contributed by atoms with Gasteiger partial charge in [0.05, 0.1) is 11.7 Å². The summed E-state index contributed by atoms with van der Waals surface area (Å²) in [6.07, 6.45) is 2.81. The number of nitrogens with zero attached hydrogens (tertiary/aromatic N) is 4. The minimum absolute atomic E-state index is 0.262. The maximum Gasteiger partial charge on any atom is 0.338 e. The van der Waals surface area contributed by atoms with Crippen LogP contribution in [-0.4, -0.2) is 32.4 Å². The maximum atomic E-state index is 11.7. The van der Waals surface area contributed by atoms with Crippen LogP contribution in [0, 0.1) is 25.2 Å². The SMILES string of the molecule is Cc1cn(-c2ccc(CNCC(O)c3ccc4c(c3C)COC4=O)cn2)nc1C#N. The third-order valence-corrected chi connectivity index (χ3v) is 5.28. The van der Waals surface area contributed by atoms with Crippen molar-refractivity contribution in [3.63, 3.8) is 0 Å². The molecule has 3 heterocycles. The fraction of sp³-hybridized carbons (Fsp3) is 0.273. The Morgan fingerprint density at radius 1 is 1.33 bits per heavy atom. The number of benzene rings is 1. The van der Waals surface area contributed by atoms with Crippen molar-refractivity contribution >= 4 is 5.97 Å². The summed E-state index contributed by atoms with van der Waals surface area (Å²) < 4.78 is 6.65.